The van der Waals surface area contributed by atoms with Gasteiger partial charge in [-0.2, -0.15) is 0 Å². The predicted molar refractivity (Wildman–Crippen MR) is 85.5 cm³/mol. The molecular formula is C16H25N3O2. The third-order valence-corrected chi connectivity index (χ3v) is 3.92. The summed E-state index contributed by atoms with van der Waals surface area (Å²) in [5, 5.41) is 2.99. The summed E-state index contributed by atoms with van der Waals surface area (Å²) in [6.45, 7) is 6.16. The minimum absolute atomic E-state index is 0.0231. The van der Waals surface area contributed by atoms with Crippen molar-refractivity contribution < 1.29 is 9.53 Å². The summed E-state index contributed by atoms with van der Waals surface area (Å²) < 4.78 is 5.28. The second kappa shape index (κ2) is 6.80. The molecular weight excluding hydrogens is 266 g/mol. The van der Waals surface area contributed by atoms with Crippen molar-refractivity contribution in [1.82, 2.24) is 4.90 Å². The lowest BCUT2D eigenvalue weighted by atomic mass is 10.0. The topological polar surface area (TPSA) is 67.6 Å². The molecule has 1 heterocycles. The normalized spacial score (nSPS) is 17.0. The summed E-state index contributed by atoms with van der Waals surface area (Å²) in [6.07, 6.45) is 2.34. The summed E-state index contributed by atoms with van der Waals surface area (Å²) in [5.74, 6) is 0.880. The molecule has 3 N–H and O–H groups in total. The first kappa shape index (κ1) is 15.6. The number of likely N-dealkylation sites (tertiary alicyclic amines) is 1. The van der Waals surface area contributed by atoms with Gasteiger partial charge in [-0.1, -0.05) is 13.8 Å². The summed E-state index contributed by atoms with van der Waals surface area (Å²) in [6, 6.07) is 5.16. The fourth-order valence-electron chi connectivity index (χ4n) is 2.93. The second-order valence-corrected chi connectivity index (χ2v) is 5.88. The summed E-state index contributed by atoms with van der Waals surface area (Å²) in [4.78, 5) is 14.9. The van der Waals surface area contributed by atoms with Crippen molar-refractivity contribution in [2.75, 3.05) is 31.2 Å². The summed E-state index contributed by atoms with van der Waals surface area (Å²) in [7, 11) is 1.57. The van der Waals surface area contributed by atoms with Crippen LogP contribution in [0.1, 0.15) is 26.7 Å². The number of nitrogen functional groups attached to an aromatic ring is 1. The molecule has 1 saturated heterocycles. The molecule has 1 amide bonds. The van der Waals surface area contributed by atoms with Gasteiger partial charge < -0.3 is 15.8 Å². The van der Waals surface area contributed by atoms with Crippen LogP contribution in [0.15, 0.2) is 18.2 Å². The maximum absolute atomic E-state index is 12.7. The van der Waals surface area contributed by atoms with Gasteiger partial charge in [-0.3, -0.25) is 9.69 Å². The number of methoxy groups -OCH3 is 1. The molecule has 1 atom stereocenters. The molecule has 5 heteroatoms. The fourth-order valence-corrected chi connectivity index (χ4v) is 2.93. The highest BCUT2D eigenvalue weighted by Crippen LogP contribution is 2.28. The Balaban J connectivity index is 2.15. The van der Waals surface area contributed by atoms with Gasteiger partial charge in [0.2, 0.25) is 5.91 Å². The molecule has 116 valence electrons. The Morgan fingerprint density at radius 3 is 2.57 bits per heavy atom. The van der Waals surface area contributed by atoms with Crippen LogP contribution in [0.4, 0.5) is 11.4 Å². The van der Waals surface area contributed by atoms with E-state index in [0.29, 0.717) is 17.1 Å². The van der Waals surface area contributed by atoms with E-state index in [9.17, 15) is 4.79 Å². The van der Waals surface area contributed by atoms with E-state index < -0.39 is 0 Å². The third kappa shape index (κ3) is 3.67. The van der Waals surface area contributed by atoms with Gasteiger partial charge in [0.05, 0.1) is 18.8 Å². The van der Waals surface area contributed by atoms with Gasteiger partial charge in [0.15, 0.2) is 0 Å². The highest BCUT2D eigenvalue weighted by Gasteiger charge is 2.31. The molecule has 1 unspecified atom stereocenters. The van der Waals surface area contributed by atoms with Crippen LogP contribution in [0, 0.1) is 5.92 Å². The molecule has 2 rings (SSSR count). The SMILES string of the molecule is COc1cc(N)ccc1NC(=O)C(C(C)C)N1CCCC1. The van der Waals surface area contributed by atoms with E-state index >= 15 is 0 Å². The maximum atomic E-state index is 12.7. The Kier molecular flexibility index (Phi) is 5.07. The first-order valence-corrected chi connectivity index (χ1v) is 7.51. The van der Waals surface area contributed by atoms with Crippen molar-refractivity contribution in [2.24, 2.45) is 5.92 Å². The number of nitrogens with one attached hydrogen (secondary N) is 1. The zero-order valence-corrected chi connectivity index (χ0v) is 13.1. The smallest absolute Gasteiger partial charge is 0.242 e. The van der Waals surface area contributed by atoms with Crippen LogP contribution in [0.3, 0.4) is 0 Å². The minimum Gasteiger partial charge on any atom is -0.494 e. The molecule has 1 aliphatic rings. The van der Waals surface area contributed by atoms with Crippen molar-refractivity contribution in [2.45, 2.75) is 32.7 Å². The molecule has 0 bridgehead atoms. The van der Waals surface area contributed by atoms with Crippen LogP contribution in [0.2, 0.25) is 0 Å². The van der Waals surface area contributed by atoms with Crippen molar-refractivity contribution in [3.8, 4) is 5.75 Å². The molecule has 1 aromatic rings. The standard InChI is InChI=1S/C16H25N3O2/c1-11(2)15(19-8-4-5-9-19)16(20)18-13-7-6-12(17)10-14(13)21-3/h6-7,10-11,15H,4-5,8-9,17H2,1-3H3,(H,18,20). The largest absolute Gasteiger partial charge is 0.494 e. The van der Waals surface area contributed by atoms with Gasteiger partial charge >= 0.3 is 0 Å². The van der Waals surface area contributed by atoms with E-state index in [4.69, 9.17) is 10.5 Å². The van der Waals surface area contributed by atoms with E-state index in [2.05, 4.69) is 24.1 Å². The molecule has 0 aliphatic carbocycles. The molecule has 0 spiro atoms. The first-order chi connectivity index (χ1) is 10.0. The molecule has 0 radical (unpaired) electrons. The average molecular weight is 291 g/mol. The number of hydrogen-bond acceptors (Lipinski definition) is 4. The molecule has 1 aliphatic heterocycles. The van der Waals surface area contributed by atoms with E-state index in [1.54, 1.807) is 25.3 Å². The number of carbonyl (C=O) groups excluding carboxylic acids is 1. The van der Waals surface area contributed by atoms with Crippen molar-refractivity contribution in [3.05, 3.63) is 18.2 Å². The van der Waals surface area contributed by atoms with Gasteiger partial charge in [-0.05, 0) is 44.0 Å². The molecule has 21 heavy (non-hydrogen) atoms. The van der Waals surface area contributed by atoms with Gasteiger partial charge in [0, 0.05) is 11.8 Å². The van der Waals surface area contributed by atoms with Crippen LogP contribution in [-0.2, 0) is 4.79 Å². The van der Waals surface area contributed by atoms with Crippen LogP contribution in [-0.4, -0.2) is 37.0 Å². The molecule has 1 aromatic carbocycles. The monoisotopic (exact) mass is 291 g/mol. The number of rotatable bonds is 5. The van der Waals surface area contributed by atoms with Crippen molar-refractivity contribution in [1.29, 1.82) is 0 Å². The summed E-state index contributed by atoms with van der Waals surface area (Å²) >= 11 is 0. The van der Waals surface area contributed by atoms with Gasteiger partial charge in [0.25, 0.3) is 0 Å². The highest BCUT2D eigenvalue weighted by molar-refractivity contribution is 5.96. The molecule has 5 nitrogen and oxygen atoms in total. The zero-order valence-electron chi connectivity index (χ0n) is 13.1. The Hall–Kier alpha value is -1.75. The van der Waals surface area contributed by atoms with Crippen molar-refractivity contribution in [3.63, 3.8) is 0 Å². The van der Waals surface area contributed by atoms with E-state index in [1.165, 1.54) is 12.8 Å². The average Bonchev–Trinajstić information content (AvgIpc) is 2.94. The zero-order chi connectivity index (χ0) is 15.4. The van der Waals surface area contributed by atoms with E-state index in [-0.39, 0.29) is 17.9 Å². The van der Waals surface area contributed by atoms with E-state index in [1.807, 2.05) is 0 Å². The lowest BCUT2D eigenvalue weighted by Crippen LogP contribution is -2.46. The molecule has 0 saturated carbocycles. The number of nitrogens with two attached hydrogens (primary N) is 1. The number of benzene rings is 1. The van der Waals surface area contributed by atoms with Gasteiger partial charge in [-0.25, -0.2) is 0 Å². The fraction of sp³-hybridized carbons (Fsp3) is 0.562. The quantitative estimate of drug-likeness (QED) is 0.817. The number of hydrogen-bond donors (Lipinski definition) is 2. The van der Waals surface area contributed by atoms with Gasteiger partial charge in [0.1, 0.15) is 5.75 Å². The molecule has 0 aromatic heterocycles. The number of carbonyl (C=O) groups is 1. The summed E-state index contributed by atoms with van der Waals surface area (Å²) in [5.41, 5.74) is 7.02. The number of ether oxygens (including phenoxy) is 1. The van der Waals surface area contributed by atoms with Crippen LogP contribution >= 0.6 is 0 Å². The Bertz CT molecular complexity index is 496. The Labute approximate surface area is 126 Å². The number of amides is 1. The van der Waals surface area contributed by atoms with Gasteiger partial charge in [-0.15, -0.1) is 0 Å². The van der Waals surface area contributed by atoms with E-state index in [0.717, 1.165) is 13.1 Å². The van der Waals surface area contributed by atoms with Crippen molar-refractivity contribution >= 4 is 17.3 Å². The van der Waals surface area contributed by atoms with Crippen LogP contribution in [0.25, 0.3) is 0 Å². The minimum atomic E-state index is -0.102. The number of nitrogens with zero attached hydrogens (tertiary/aromatic N) is 1. The maximum Gasteiger partial charge on any atom is 0.242 e. The predicted octanol–water partition coefficient (Wildman–Crippen LogP) is 2.34. The lowest BCUT2D eigenvalue weighted by Gasteiger charge is -2.29. The second-order valence-electron chi connectivity index (χ2n) is 5.88. The number of anilines is 2. The first-order valence-electron chi connectivity index (χ1n) is 7.51. The highest BCUT2D eigenvalue weighted by atomic mass is 16.5. The Morgan fingerprint density at radius 2 is 2.00 bits per heavy atom. The molecule has 1 fully saturated rings. The third-order valence-electron chi connectivity index (χ3n) is 3.92. The lowest BCUT2D eigenvalue weighted by molar-refractivity contribution is -0.122. The van der Waals surface area contributed by atoms with Crippen LogP contribution in [0.5, 0.6) is 5.75 Å². The Morgan fingerprint density at radius 1 is 1.33 bits per heavy atom. The van der Waals surface area contributed by atoms with Crippen LogP contribution < -0.4 is 15.8 Å².